The van der Waals surface area contributed by atoms with Crippen molar-refractivity contribution in [2.24, 2.45) is 0 Å². The summed E-state index contributed by atoms with van der Waals surface area (Å²) in [5.74, 6) is 0.315. The molecule has 0 unspecified atom stereocenters. The number of aromatic nitrogens is 1. The van der Waals surface area contributed by atoms with Crippen LogP contribution in [-0.2, 0) is 11.3 Å². The smallest absolute Gasteiger partial charge is 0.222 e. The summed E-state index contributed by atoms with van der Waals surface area (Å²) in [6.07, 6.45) is 6.93. The van der Waals surface area contributed by atoms with Crippen LogP contribution < -0.4 is 9.88 Å². The highest BCUT2D eigenvalue weighted by molar-refractivity contribution is 5.76. The van der Waals surface area contributed by atoms with Crippen LogP contribution in [0.1, 0.15) is 24.8 Å². The highest BCUT2D eigenvalue weighted by atomic mass is 16.2. The largest absolute Gasteiger partial charge is 0.340 e. The number of aryl methyl sites for hydroxylation is 2. The summed E-state index contributed by atoms with van der Waals surface area (Å²) >= 11 is 0. The van der Waals surface area contributed by atoms with E-state index in [9.17, 15) is 4.79 Å². The van der Waals surface area contributed by atoms with E-state index in [1.165, 1.54) is 5.56 Å². The van der Waals surface area contributed by atoms with E-state index in [0.29, 0.717) is 12.3 Å². The normalized spacial score (nSPS) is 15.5. The SMILES string of the molecule is Cc1cc[n+](CCCCC(=O)N2CCNCC2)cc1. The van der Waals surface area contributed by atoms with Crippen LogP contribution in [0.25, 0.3) is 0 Å². The third-order valence-electron chi connectivity index (χ3n) is 3.58. The summed E-state index contributed by atoms with van der Waals surface area (Å²) in [6.45, 7) is 6.69. The van der Waals surface area contributed by atoms with Gasteiger partial charge >= 0.3 is 0 Å². The monoisotopic (exact) mass is 262 g/mol. The minimum Gasteiger partial charge on any atom is -0.340 e. The van der Waals surface area contributed by atoms with E-state index in [1.807, 2.05) is 4.90 Å². The van der Waals surface area contributed by atoms with Gasteiger partial charge in [0.2, 0.25) is 5.91 Å². The summed E-state index contributed by atoms with van der Waals surface area (Å²) < 4.78 is 2.18. The number of amides is 1. The molecule has 0 atom stereocenters. The second kappa shape index (κ2) is 7.24. The number of hydrogen-bond donors (Lipinski definition) is 1. The van der Waals surface area contributed by atoms with Gasteiger partial charge in [0.05, 0.1) is 0 Å². The molecule has 4 heteroatoms. The van der Waals surface area contributed by atoms with Crippen LogP contribution in [0.5, 0.6) is 0 Å². The van der Waals surface area contributed by atoms with Crippen molar-refractivity contribution in [3.05, 3.63) is 30.1 Å². The predicted molar refractivity (Wildman–Crippen MR) is 74.7 cm³/mol. The van der Waals surface area contributed by atoms with Gasteiger partial charge in [0, 0.05) is 51.2 Å². The molecule has 1 aromatic heterocycles. The van der Waals surface area contributed by atoms with E-state index in [2.05, 4.69) is 41.3 Å². The Labute approximate surface area is 115 Å². The number of rotatable bonds is 5. The van der Waals surface area contributed by atoms with Crippen molar-refractivity contribution >= 4 is 5.91 Å². The van der Waals surface area contributed by atoms with Crippen molar-refractivity contribution < 1.29 is 9.36 Å². The van der Waals surface area contributed by atoms with Gasteiger partial charge in [-0.25, -0.2) is 4.57 Å². The van der Waals surface area contributed by atoms with Crippen LogP contribution in [-0.4, -0.2) is 37.0 Å². The molecule has 1 saturated heterocycles. The number of nitrogens with zero attached hydrogens (tertiary/aromatic N) is 2. The van der Waals surface area contributed by atoms with Gasteiger partial charge in [-0.1, -0.05) is 0 Å². The minimum atomic E-state index is 0.315. The Bertz CT molecular complexity index is 396. The molecular weight excluding hydrogens is 238 g/mol. The molecule has 0 aliphatic carbocycles. The Balaban J connectivity index is 1.63. The fourth-order valence-electron chi connectivity index (χ4n) is 2.32. The first-order chi connectivity index (χ1) is 9.25. The first-order valence-electron chi connectivity index (χ1n) is 7.20. The molecule has 104 valence electrons. The average Bonchev–Trinajstić information content (AvgIpc) is 2.46. The fourth-order valence-corrected chi connectivity index (χ4v) is 2.32. The van der Waals surface area contributed by atoms with Crippen LogP contribution >= 0.6 is 0 Å². The van der Waals surface area contributed by atoms with Gasteiger partial charge < -0.3 is 10.2 Å². The lowest BCUT2D eigenvalue weighted by Crippen LogP contribution is -2.46. The molecule has 0 saturated carbocycles. The molecule has 1 fully saturated rings. The summed E-state index contributed by atoms with van der Waals surface area (Å²) in [6, 6.07) is 4.23. The zero-order valence-electron chi connectivity index (χ0n) is 11.8. The standard InChI is InChI=1S/C15H24N3O/c1-14-5-10-17(11-6-14)9-3-2-4-15(19)18-12-7-16-8-13-18/h5-6,10-11,16H,2-4,7-9,12-13H2,1H3/q+1. The number of carbonyl (C=O) groups excluding carboxylic acids is 1. The summed E-state index contributed by atoms with van der Waals surface area (Å²) in [7, 11) is 0. The van der Waals surface area contributed by atoms with E-state index >= 15 is 0 Å². The zero-order valence-corrected chi connectivity index (χ0v) is 11.8. The topological polar surface area (TPSA) is 36.2 Å². The van der Waals surface area contributed by atoms with E-state index < -0.39 is 0 Å². The zero-order chi connectivity index (χ0) is 13.5. The average molecular weight is 262 g/mol. The molecule has 2 heterocycles. The third-order valence-corrected chi connectivity index (χ3v) is 3.58. The summed E-state index contributed by atoms with van der Waals surface area (Å²) in [5, 5.41) is 3.27. The predicted octanol–water partition coefficient (Wildman–Crippen LogP) is 0.885. The number of carbonyl (C=O) groups is 1. The number of hydrogen-bond acceptors (Lipinski definition) is 2. The molecular formula is C15H24N3O+. The van der Waals surface area contributed by atoms with E-state index in [4.69, 9.17) is 0 Å². The second-order valence-electron chi connectivity index (χ2n) is 5.20. The van der Waals surface area contributed by atoms with Crippen molar-refractivity contribution in [1.82, 2.24) is 10.2 Å². The molecule has 1 aliphatic rings. The molecule has 19 heavy (non-hydrogen) atoms. The second-order valence-corrected chi connectivity index (χ2v) is 5.20. The maximum absolute atomic E-state index is 11.9. The molecule has 4 nitrogen and oxygen atoms in total. The Morgan fingerprint density at radius 1 is 1.26 bits per heavy atom. The van der Waals surface area contributed by atoms with Crippen molar-refractivity contribution in [2.75, 3.05) is 26.2 Å². The van der Waals surface area contributed by atoms with Crippen molar-refractivity contribution in [2.45, 2.75) is 32.7 Å². The molecule has 1 N–H and O–H groups in total. The number of piperazine rings is 1. The number of unbranched alkanes of at least 4 members (excludes halogenated alkanes) is 1. The van der Waals surface area contributed by atoms with Crippen molar-refractivity contribution in [3.8, 4) is 0 Å². The fraction of sp³-hybridized carbons (Fsp3) is 0.600. The maximum atomic E-state index is 11.9. The lowest BCUT2D eigenvalue weighted by Gasteiger charge is -2.27. The Morgan fingerprint density at radius 3 is 2.63 bits per heavy atom. The van der Waals surface area contributed by atoms with Crippen LogP contribution in [0.2, 0.25) is 0 Å². The lowest BCUT2D eigenvalue weighted by molar-refractivity contribution is -0.697. The van der Waals surface area contributed by atoms with Crippen LogP contribution in [0.4, 0.5) is 0 Å². The molecule has 2 rings (SSSR count). The molecule has 1 aliphatic heterocycles. The first kappa shape index (κ1) is 14.0. The van der Waals surface area contributed by atoms with Gasteiger partial charge in [0.25, 0.3) is 0 Å². The van der Waals surface area contributed by atoms with Gasteiger partial charge in [-0.05, 0) is 18.9 Å². The van der Waals surface area contributed by atoms with Gasteiger partial charge in [-0.15, -0.1) is 0 Å². The molecule has 0 spiro atoms. The highest BCUT2D eigenvalue weighted by Gasteiger charge is 2.15. The van der Waals surface area contributed by atoms with Crippen molar-refractivity contribution in [3.63, 3.8) is 0 Å². The molecule has 1 amide bonds. The van der Waals surface area contributed by atoms with Crippen LogP contribution in [0.3, 0.4) is 0 Å². The van der Waals surface area contributed by atoms with Gasteiger partial charge in [-0.3, -0.25) is 4.79 Å². The quantitative estimate of drug-likeness (QED) is 0.632. The Morgan fingerprint density at radius 2 is 1.95 bits per heavy atom. The van der Waals surface area contributed by atoms with E-state index in [-0.39, 0.29) is 0 Å². The van der Waals surface area contributed by atoms with Crippen LogP contribution in [0, 0.1) is 6.92 Å². The number of nitrogens with one attached hydrogen (secondary N) is 1. The molecule has 0 aromatic carbocycles. The summed E-state index contributed by atoms with van der Waals surface area (Å²) in [4.78, 5) is 13.9. The lowest BCUT2D eigenvalue weighted by atomic mass is 10.2. The highest BCUT2D eigenvalue weighted by Crippen LogP contribution is 2.02. The molecule has 0 bridgehead atoms. The van der Waals surface area contributed by atoms with Gasteiger partial charge in [0.1, 0.15) is 6.54 Å². The third kappa shape index (κ3) is 4.63. The summed E-state index contributed by atoms with van der Waals surface area (Å²) in [5.41, 5.74) is 1.28. The Kier molecular flexibility index (Phi) is 5.33. The minimum absolute atomic E-state index is 0.315. The van der Waals surface area contributed by atoms with Crippen LogP contribution in [0.15, 0.2) is 24.5 Å². The van der Waals surface area contributed by atoms with E-state index in [1.54, 1.807) is 0 Å². The van der Waals surface area contributed by atoms with Crippen molar-refractivity contribution in [1.29, 1.82) is 0 Å². The molecule has 0 radical (unpaired) electrons. The van der Waals surface area contributed by atoms with Gasteiger partial charge in [-0.2, -0.15) is 0 Å². The number of pyridine rings is 1. The maximum Gasteiger partial charge on any atom is 0.222 e. The Hall–Kier alpha value is -1.42. The van der Waals surface area contributed by atoms with E-state index in [0.717, 1.165) is 45.6 Å². The molecule has 1 aromatic rings. The first-order valence-corrected chi connectivity index (χ1v) is 7.20. The van der Waals surface area contributed by atoms with Gasteiger partial charge in [0.15, 0.2) is 12.4 Å².